The number of nitrogens with two attached hydrogens (primary N) is 1. The Bertz CT molecular complexity index is 3920. The fourth-order valence-electron chi connectivity index (χ4n) is 12.1. The fraction of sp³-hybridized carbons (Fsp3) is 0.600. The van der Waals surface area contributed by atoms with Crippen molar-refractivity contribution >= 4 is 118 Å². The van der Waals surface area contributed by atoms with Crippen LogP contribution in [-0.2, 0) is 120 Å². The summed E-state index contributed by atoms with van der Waals surface area (Å²) >= 11 is 0.714. The lowest BCUT2D eigenvalue weighted by Gasteiger charge is -2.26. The maximum Gasteiger partial charge on any atom is 0.326 e. The van der Waals surface area contributed by atoms with E-state index in [9.17, 15) is 96.8 Å². The van der Waals surface area contributed by atoms with E-state index in [0.29, 0.717) is 42.3 Å². The summed E-state index contributed by atoms with van der Waals surface area (Å²) in [5.74, 6) is -17.6. The van der Waals surface area contributed by atoms with Gasteiger partial charge in [0.1, 0.15) is 65.8 Å². The Morgan fingerprint density at radius 2 is 1.30 bits per heavy atom. The summed E-state index contributed by atoms with van der Waals surface area (Å²) < 4.78 is 20.3. The average molecular weight is 1620 g/mol. The third kappa shape index (κ3) is 32.1. The van der Waals surface area contributed by atoms with Crippen molar-refractivity contribution in [1.82, 2.24) is 99.1 Å². The number of carbonyl (C=O) groups excluding carboxylic acids is 13. The monoisotopic (exact) mass is 1620 g/mol. The van der Waals surface area contributed by atoms with Gasteiger partial charge in [-0.2, -0.15) is 0 Å². The van der Waals surface area contributed by atoms with E-state index < -0.39 is 193 Å². The van der Waals surface area contributed by atoms with Gasteiger partial charge in [0.25, 0.3) is 5.91 Å². The Labute approximate surface area is 657 Å². The minimum Gasteiger partial charge on any atom is -0.481 e. The minimum absolute atomic E-state index is 0.00985. The lowest BCUT2D eigenvalue weighted by atomic mass is 9.88. The van der Waals surface area contributed by atoms with Crippen molar-refractivity contribution < 1.29 is 106 Å². The summed E-state index contributed by atoms with van der Waals surface area (Å²) in [7, 11) is 0. The number of amides is 12. The van der Waals surface area contributed by atoms with Crippen LogP contribution in [-0.4, -0.2) is 236 Å². The number of hydrogen-bond donors (Lipinski definition) is 19. The number of benzene rings is 1. The molecule has 3 heterocycles. The second-order valence-electron chi connectivity index (χ2n) is 27.7. The maximum absolute atomic E-state index is 17.5. The zero-order chi connectivity index (χ0) is 84.2. The Hall–Kier alpha value is -11.8. The van der Waals surface area contributed by atoms with Crippen LogP contribution in [0.25, 0.3) is 0 Å². The van der Waals surface area contributed by atoms with Crippen LogP contribution >= 0.6 is 11.8 Å². The van der Waals surface area contributed by atoms with E-state index in [1.54, 1.807) is 30.3 Å². The first-order valence-electron chi connectivity index (χ1n) is 37.2. The van der Waals surface area contributed by atoms with E-state index in [-0.39, 0.29) is 144 Å². The number of guanidine groups is 1. The molecule has 1 aliphatic carbocycles. The van der Waals surface area contributed by atoms with Gasteiger partial charge in [0.05, 0.1) is 43.6 Å². The molecule has 114 heavy (non-hydrogen) atoms. The standard InChI is InChI=1S/C70H102FN21O21S/c1-38(2)57(66(110)78-39(3)59(103)85-49(67(111)112)33-56(101)102)86-63(107)46(24-25-54(97)98)79-51(94)23-16-29-91-36-42(87-89-91)34-76-60(104)43(80-53(96)37-114-40(4)93)19-10-13-27-74-68(113)70(71)26-12-6-9-22-50-58(70)88-90-92(50)30-14-11-20-45-62(106)82-44(21-15-28-75-69(72)73)61(105)77-35-52(95)81-48(32-55(99)100)65(109)84-47(64(108)83-45)31-41-17-7-5-8-18-41/h5,7-8,17-18,36,38-39,43-49,57H,6,9-16,19-35,37H2,1-4H3,(H,74,113)(H,76,104)(H,77,105)(H,78,110)(H,79,94)(H,80,96)(H,81,95)(H,82,106)(H,83,108)(H,84,109)(H,85,103)(H,86,107)(H,97,98)(H,99,100)(H,101,102)(H,111,112)(H4,72,73,75)/t39-,43-,44-,45-,46-,47+,48-,49-,57-,70?/m0/s1. The van der Waals surface area contributed by atoms with Crippen molar-refractivity contribution in [3.8, 4) is 0 Å². The molecule has 5 rings (SSSR count). The first-order valence-corrected chi connectivity index (χ1v) is 38.2. The predicted octanol–water partition coefficient (Wildman–Crippen LogP) is -3.44. The number of unbranched alkanes of at least 4 members (excludes halogenated alkanes) is 2. The van der Waals surface area contributed by atoms with Crippen LogP contribution in [0.1, 0.15) is 166 Å². The highest BCUT2D eigenvalue weighted by atomic mass is 32.2. The summed E-state index contributed by atoms with van der Waals surface area (Å²) in [4.78, 5) is 220. The largest absolute Gasteiger partial charge is 0.481 e. The third-order valence-corrected chi connectivity index (χ3v) is 18.9. The highest BCUT2D eigenvalue weighted by Crippen LogP contribution is 2.36. The third-order valence-electron chi connectivity index (χ3n) is 18.1. The Kier molecular flexibility index (Phi) is 38.2. The van der Waals surface area contributed by atoms with Gasteiger partial charge in [-0.25, -0.2) is 13.9 Å². The molecule has 1 unspecified atom stereocenters. The van der Waals surface area contributed by atoms with Gasteiger partial charge >= 0.3 is 23.9 Å². The predicted molar refractivity (Wildman–Crippen MR) is 399 cm³/mol. The number of carboxylic acid groups (broad SMARTS) is 4. The molecule has 626 valence electrons. The van der Waals surface area contributed by atoms with Crippen LogP contribution in [0.3, 0.4) is 0 Å². The number of carboxylic acids is 4. The topological polar surface area (TPSA) is 639 Å². The molecular weight excluding hydrogens is 1520 g/mol. The van der Waals surface area contributed by atoms with Crippen LogP contribution in [0.15, 0.2) is 36.5 Å². The highest BCUT2D eigenvalue weighted by molar-refractivity contribution is 8.14. The Balaban J connectivity index is 1.19. The molecule has 44 heteroatoms. The molecule has 0 spiro atoms. The highest BCUT2D eigenvalue weighted by Gasteiger charge is 2.46. The molecule has 20 N–H and O–H groups in total. The number of rotatable bonds is 43. The molecule has 2 aliphatic rings. The molecule has 1 aromatic carbocycles. The Morgan fingerprint density at radius 3 is 1.96 bits per heavy atom. The van der Waals surface area contributed by atoms with Gasteiger partial charge in [-0.1, -0.05) is 72.8 Å². The van der Waals surface area contributed by atoms with E-state index in [2.05, 4.69) is 84.4 Å². The number of nitrogens with zero attached hydrogens (tertiary/aromatic N) is 6. The molecule has 42 nitrogen and oxygen atoms in total. The summed E-state index contributed by atoms with van der Waals surface area (Å²) in [5.41, 5.74) is 3.76. The first-order chi connectivity index (χ1) is 54.0. The van der Waals surface area contributed by atoms with Crippen LogP contribution < -0.4 is 74.9 Å². The van der Waals surface area contributed by atoms with Gasteiger partial charge in [-0.05, 0) is 108 Å². The second kappa shape index (κ2) is 46.9. The van der Waals surface area contributed by atoms with E-state index in [4.69, 9.17) is 16.2 Å². The first kappa shape index (κ1) is 92.8. The molecule has 1 saturated heterocycles. The van der Waals surface area contributed by atoms with Crippen molar-refractivity contribution in [3.05, 3.63) is 59.2 Å². The lowest BCUT2D eigenvalue weighted by Crippen LogP contribution is -2.58. The molecule has 3 aromatic rings. The number of carbonyl (C=O) groups is 17. The summed E-state index contributed by atoms with van der Waals surface area (Å²) in [6.45, 7) is 4.79. The van der Waals surface area contributed by atoms with Gasteiger partial charge in [0.15, 0.2) is 11.1 Å². The SMILES string of the molecule is CC(=O)SCC(=O)N[C@@H](CCCCNC(=O)C1(F)CCCCCc2c1nnn2CCCC[C@@H]1NC(=O)[C@@H](Cc2ccccc2)NC(=O)[C@H](CC(=O)O)NC(=O)CNC(=O)[C@H](CCCNC(=N)N)NC1=O)C(=O)NCc1cn(CCCC(=O)N[C@@H](CCC(=O)O)C(=O)N[C@H](C(=O)N[C@@H](C)C(=O)N[C@@H](CC(=O)O)C(=O)O)C(C)C)nn1. The number of halogens is 1. The summed E-state index contributed by atoms with van der Waals surface area (Å²) in [5, 5.41) is 93.5. The second-order valence-corrected chi connectivity index (χ2v) is 28.9. The number of aryl methyl sites for hydroxylation is 2. The van der Waals surface area contributed by atoms with Crippen molar-refractivity contribution in [3.63, 3.8) is 0 Å². The van der Waals surface area contributed by atoms with Crippen molar-refractivity contribution in [2.24, 2.45) is 11.7 Å². The number of aromatic nitrogens is 6. The number of thioether (sulfide) groups is 1. The van der Waals surface area contributed by atoms with Crippen LogP contribution in [0, 0.1) is 11.3 Å². The van der Waals surface area contributed by atoms with E-state index in [1.165, 1.54) is 43.3 Å². The zero-order valence-electron chi connectivity index (χ0n) is 63.6. The van der Waals surface area contributed by atoms with Crippen LogP contribution in [0.4, 0.5) is 4.39 Å². The molecule has 1 fully saturated rings. The molecule has 1 aliphatic heterocycles. The Morgan fingerprint density at radius 1 is 0.640 bits per heavy atom. The van der Waals surface area contributed by atoms with E-state index >= 15 is 4.39 Å². The van der Waals surface area contributed by atoms with E-state index in [0.717, 1.165) is 0 Å². The number of fused-ring (bicyclic) bond motifs is 1. The number of alkyl halides is 1. The van der Waals surface area contributed by atoms with E-state index in [1.807, 2.05) is 5.32 Å². The van der Waals surface area contributed by atoms with Gasteiger partial charge in [0.2, 0.25) is 70.6 Å². The lowest BCUT2D eigenvalue weighted by molar-refractivity contribution is -0.147. The number of hydrogen-bond acceptors (Lipinski definition) is 23. The fourth-order valence-corrected chi connectivity index (χ4v) is 12.5. The number of aliphatic carboxylic acids is 4. The summed E-state index contributed by atoms with van der Waals surface area (Å²) in [6.07, 6.45) is 0.705. The van der Waals surface area contributed by atoms with Crippen LogP contribution in [0.5, 0.6) is 0 Å². The summed E-state index contributed by atoms with van der Waals surface area (Å²) in [6, 6.07) is -4.60. The molecule has 0 radical (unpaired) electrons. The van der Waals surface area contributed by atoms with Crippen LogP contribution in [0.2, 0.25) is 0 Å². The molecule has 2 aromatic heterocycles. The van der Waals surface area contributed by atoms with Gasteiger partial charge in [-0.15, -0.1) is 10.2 Å². The van der Waals surface area contributed by atoms with Gasteiger partial charge in [-0.3, -0.25) is 86.8 Å². The molecular formula is C70H102FN21O21S. The number of nitrogens with one attached hydrogen (secondary N) is 14. The van der Waals surface area contributed by atoms with Crippen molar-refractivity contribution in [2.45, 2.75) is 236 Å². The quantitative estimate of drug-likeness (QED) is 0.0149. The molecule has 10 atom stereocenters. The van der Waals surface area contributed by atoms with Crippen molar-refractivity contribution in [1.29, 1.82) is 5.41 Å². The molecule has 0 saturated carbocycles. The average Bonchev–Trinajstić information content (AvgIpc) is 1.60. The maximum atomic E-state index is 17.5. The zero-order valence-corrected chi connectivity index (χ0v) is 64.4. The molecule has 0 bridgehead atoms. The van der Waals surface area contributed by atoms with Gasteiger partial charge < -0.3 is 95.3 Å². The normalized spacial score (nSPS) is 18.7. The smallest absolute Gasteiger partial charge is 0.326 e. The van der Waals surface area contributed by atoms with Crippen molar-refractivity contribution in [2.75, 3.05) is 25.4 Å². The minimum atomic E-state index is -2.65. The molecule has 12 amide bonds. The van der Waals surface area contributed by atoms with Gasteiger partial charge in [0, 0.05) is 52.4 Å².